The molecule has 2 heterocycles. The van der Waals surface area contributed by atoms with E-state index in [0.717, 1.165) is 29.4 Å². The first-order chi connectivity index (χ1) is 8.72. The maximum absolute atomic E-state index is 6.08. The molecule has 3 nitrogen and oxygen atoms in total. The summed E-state index contributed by atoms with van der Waals surface area (Å²) in [6.45, 7) is 4.29. The van der Waals surface area contributed by atoms with Crippen LogP contribution in [0.15, 0.2) is 18.2 Å². The van der Waals surface area contributed by atoms with Crippen LogP contribution < -0.4 is 10.6 Å². The highest BCUT2D eigenvalue weighted by Crippen LogP contribution is 2.26. The lowest BCUT2D eigenvalue weighted by Gasteiger charge is -2.23. The van der Waals surface area contributed by atoms with Gasteiger partial charge in [0.25, 0.3) is 0 Å². The second-order valence-corrected chi connectivity index (χ2v) is 5.47. The minimum Gasteiger partial charge on any atom is -0.369 e. The SMILES string of the molecule is Cc1cc(Cl)cc2[nH]c(NC3CCNCC3)cc12. The third kappa shape index (κ3) is 2.33. The summed E-state index contributed by atoms with van der Waals surface area (Å²) in [5.41, 5.74) is 2.32. The number of piperidine rings is 1. The quantitative estimate of drug-likeness (QED) is 0.778. The Labute approximate surface area is 112 Å². The van der Waals surface area contributed by atoms with Gasteiger partial charge in [0.1, 0.15) is 5.82 Å². The summed E-state index contributed by atoms with van der Waals surface area (Å²) in [5, 5.41) is 8.99. The Kier molecular flexibility index (Phi) is 3.18. The first-order valence-electron chi connectivity index (χ1n) is 6.48. The highest BCUT2D eigenvalue weighted by Gasteiger charge is 2.13. The number of nitrogens with one attached hydrogen (secondary N) is 3. The molecule has 0 amide bonds. The summed E-state index contributed by atoms with van der Waals surface area (Å²) >= 11 is 6.08. The zero-order valence-electron chi connectivity index (χ0n) is 10.5. The second-order valence-electron chi connectivity index (χ2n) is 5.04. The van der Waals surface area contributed by atoms with Crippen molar-refractivity contribution in [2.24, 2.45) is 0 Å². The highest BCUT2D eigenvalue weighted by molar-refractivity contribution is 6.31. The van der Waals surface area contributed by atoms with Crippen molar-refractivity contribution >= 4 is 28.3 Å². The molecule has 1 saturated heterocycles. The number of halogens is 1. The number of rotatable bonds is 2. The predicted octanol–water partition coefficient (Wildman–Crippen LogP) is 3.29. The van der Waals surface area contributed by atoms with E-state index in [1.807, 2.05) is 12.1 Å². The van der Waals surface area contributed by atoms with Crippen LogP contribution in [0.2, 0.25) is 5.02 Å². The Bertz CT molecular complexity index is 555. The molecule has 1 aromatic carbocycles. The average molecular weight is 264 g/mol. The minimum absolute atomic E-state index is 0.565. The number of aromatic amines is 1. The Morgan fingerprint density at radius 2 is 2.00 bits per heavy atom. The average Bonchev–Trinajstić information content (AvgIpc) is 2.73. The monoisotopic (exact) mass is 263 g/mol. The number of hydrogen-bond donors (Lipinski definition) is 3. The maximum atomic E-state index is 6.08. The first kappa shape index (κ1) is 11.9. The molecule has 1 fully saturated rings. The van der Waals surface area contributed by atoms with E-state index in [4.69, 9.17) is 11.6 Å². The van der Waals surface area contributed by atoms with Crippen LogP contribution in [0.4, 0.5) is 5.82 Å². The zero-order chi connectivity index (χ0) is 12.5. The molecule has 0 unspecified atom stereocenters. The van der Waals surface area contributed by atoms with Gasteiger partial charge in [-0.25, -0.2) is 0 Å². The smallest absolute Gasteiger partial charge is 0.104 e. The first-order valence-corrected chi connectivity index (χ1v) is 6.86. The molecule has 2 aromatic rings. The van der Waals surface area contributed by atoms with E-state index in [1.54, 1.807) is 0 Å². The molecule has 0 saturated carbocycles. The number of anilines is 1. The second kappa shape index (κ2) is 4.82. The number of aryl methyl sites for hydroxylation is 1. The zero-order valence-corrected chi connectivity index (χ0v) is 11.3. The van der Waals surface area contributed by atoms with Crippen molar-refractivity contribution in [3.05, 3.63) is 28.8 Å². The number of fused-ring (bicyclic) bond motifs is 1. The number of hydrogen-bond acceptors (Lipinski definition) is 2. The van der Waals surface area contributed by atoms with Crippen molar-refractivity contribution in [2.45, 2.75) is 25.8 Å². The van der Waals surface area contributed by atoms with E-state index in [2.05, 4.69) is 28.6 Å². The van der Waals surface area contributed by atoms with Crippen LogP contribution in [0, 0.1) is 6.92 Å². The molecule has 96 valence electrons. The van der Waals surface area contributed by atoms with E-state index < -0.39 is 0 Å². The minimum atomic E-state index is 0.565. The summed E-state index contributed by atoms with van der Waals surface area (Å²) in [7, 11) is 0. The Balaban J connectivity index is 1.86. The van der Waals surface area contributed by atoms with Crippen LogP contribution in [-0.2, 0) is 0 Å². The van der Waals surface area contributed by atoms with Crippen LogP contribution in [0.25, 0.3) is 10.9 Å². The van der Waals surface area contributed by atoms with Gasteiger partial charge in [-0.05, 0) is 56.6 Å². The molecule has 3 N–H and O–H groups in total. The Morgan fingerprint density at radius 3 is 2.78 bits per heavy atom. The van der Waals surface area contributed by atoms with Crippen LogP contribution >= 0.6 is 11.6 Å². The third-order valence-electron chi connectivity index (χ3n) is 3.61. The maximum Gasteiger partial charge on any atom is 0.104 e. The van der Waals surface area contributed by atoms with Crippen molar-refractivity contribution in [1.29, 1.82) is 0 Å². The van der Waals surface area contributed by atoms with Crippen LogP contribution in [0.1, 0.15) is 18.4 Å². The largest absolute Gasteiger partial charge is 0.369 e. The summed E-state index contributed by atoms with van der Waals surface area (Å²) in [6.07, 6.45) is 2.35. The fourth-order valence-corrected chi connectivity index (χ4v) is 2.91. The molecular weight excluding hydrogens is 246 g/mol. The van der Waals surface area contributed by atoms with E-state index >= 15 is 0 Å². The van der Waals surface area contributed by atoms with Crippen molar-refractivity contribution in [1.82, 2.24) is 10.3 Å². The van der Waals surface area contributed by atoms with Crippen LogP contribution in [-0.4, -0.2) is 24.1 Å². The van der Waals surface area contributed by atoms with Crippen molar-refractivity contribution in [3.8, 4) is 0 Å². The van der Waals surface area contributed by atoms with Gasteiger partial charge < -0.3 is 15.6 Å². The molecule has 1 aliphatic heterocycles. The third-order valence-corrected chi connectivity index (χ3v) is 3.83. The topological polar surface area (TPSA) is 39.9 Å². The lowest BCUT2D eigenvalue weighted by Crippen LogP contribution is -2.35. The molecule has 0 bridgehead atoms. The van der Waals surface area contributed by atoms with Crippen molar-refractivity contribution in [3.63, 3.8) is 0 Å². The van der Waals surface area contributed by atoms with Gasteiger partial charge in [0, 0.05) is 22.0 Å². The van der Waals surface area contributed by atoms with Crippen LogP contribution in [0.5, 0.6) is 0 Å². The van der Waals surface area contributed by atoms with Crippen molar-refractivity contribution in [2.75, 3.05) is 18.4 Å². The molecule has 0 spiro atoms. The molecule has 18 heavy (non-hydrogen) atoms. The normalized spacial score (nSPS) is 17.2. The van der Waals surface area contributed by atoms with Gasteiger partial charge in [-0.1, -0.05) is 11.6 Å². The van der Waals surface area contributed by atoms with Gasteiger partial charge in [0.2, 0.25) is 0 Å². The number of H-pyrrole nitrogens is 1. The summed E-state index contributed by atoms with van der Waals surface area (Å²) in [6, 6.07) is 6.74. The standard InChI is InChI=1S/C14H18ClN3/c1-9-6-10(15)7-13-12(9)8-14(18-13)17-11-2-4-16-5-3-11/h6-8,11,16-18H,2-5H2,1H3. The van der Waals surface area contributed by atoms with Gasteiger partial charge in [-0.3, -0.25) is 0 Å². The van der Waals surface area contributed by atoms with E-state index in [0.29, 0.717) is 6.04 Å². The summed E-state index contributed by atoms with van der Waals surface area (Å²) < 4.78 is 0. The number of aromatic nitrogens is 1. The highest BCUT2D eigenvalue weighted by atomic mass is 35.5. The fraction of sp³-hybridized carbons (Fsp3) is 0.429. The van der Waals surface area contributed by atoms with Crippen molar-refractivity contribution < 1.29 is 0 Å². The Hall–Kier alpha value is -1.19. The van der Waals surface area contributed by atoms with E-state index in [9.17, 15) is 0 Å². The Morgan fingerprint density at radius 1 is 1.22 bits per heavy atom. The number of benzene rings is 1. The molecule has 1 aliphatic rings. The molecule has 4 heteroatoms. The molecule has 0 radical (unpaired) electrons. The van der Waals surface area contributed by atoms with Gasteiger partial charge in [-0.15, -0.1) is 0 Å². The molecule has 1 aromatic heterocycles. The molecular formula is C14H18ClN3. The van der Waals surface area contributed by atoms with Gasteiger partial charge in [0.05, 0.1) is 0 Å². The molecule has 0 atom stereocenters. The lowest BCUT2D eigenvalue weighted by molar-refractivity contribution is 0.478. The predicted molar refractivity (Wildman–Crippen MR) is 77.6 cm³/mol. The summed E-state index contributed by atoms with van der Waals surface area (Å²) in [4.78, 5) is 3.41. The van der Waals surface area contributed by atoms with E-state index in [-0.39, 0.29) is 0 Å². The van der Waals surface area contributed by atoms with E-state index in [1.165, 1.54) is 23.8 Å². The molecule has 0 aliphatic carbocycles. The van der Waals surface area contributed by atoms with Crippen LogP contribution in [0.3, 0.4) is 0 Å². The fourth-order valence-electron chi connectivity index (χ4n) is 2.64. The summed E-state index contributed by atoms with van der Waals surface area (Å²) in [5.74, 6) is 1.10. The lowest BCUT2D eigenvalue weighted by atomic mass is 10.1. The van der Waals surface area contributed by atoms with Gasteiger partial charge in [-0.2, -0.15) is 0 Å². The van der Waals surface area contributed by atoms with Gasteiger partial charge >= 0.3 is 0 Å². The molecule has 3 rings (SSSR count). The van der Waals surface area contributed by atoms with Gasteiger partial charge in [0.15, 0.2) is 0 Å².